The van der Waals surface area contributed by atoms with Gasteiger partial charge in [-0.3, -0.25) is 0 Å². The second-order valence-electron chi connectivity index (χ2n) is 14.8. The second-order valence-corrected chi connectivity index (χ2v) is 14.8. The van der Waals surface area contributed by atoms with E-state index >= 15 is 0 Å². The van der Waals surface area contributed by atoms with Gasteiger partial charge in [-0.25, -0.2) is 0 Å². The fourth-order valence-corrected chi connectivity index (χ4v) is 9.81. The monoisotopic (exact) mass is 699 g/mol. The van der Waals surface area contributed by atoms with E-state index in [1.807, 2.05) is 0 Å². The minimum atomic E-state index is -0.394. The molecule has 1 spiro atoms. The lowest BCUT2D eigenvalue weighted by Gasteiger charge is -2.31. The van der Waals surface area contributed by atoms with Crippen LogP contribution in [0.3, 0.4) is 0 Å². The fourth-order valence-electron chi connectivity index (χ4n) is 9.81. The van der Waals surface area contributed by atoms with E-state index in [2.05, 4.69) is 205 Å². The number of hydrogen-bond acceptors (Lipinski definition) is 2. The molecule has 0 fully saturated rings. The highest BCUT2D eigenvalue weighted by atomic mass is 16.3. The molecule has 9 aromatic carbocycles. The van der Waals surface area contributed by atoms with Gasteiger partial charge in [0.1, 0.15) is 5.58 Å². The number of anilines is 3. The molecule has 2 nitrogen and oxygen atoms in total. The van der Waals surface area contributed by atoms with E-state index in [1.54, 1.807) is 0 Å². The lowest BCUT2D eigenvalue weighted by molar-refractivity contribution is 0.669. The lowest BCUT2D eigenvalue weighted by Crippen LogP contribution is -2.25. The minimum Gasteiger partial charge on any atom is -0.454 e. The van der Waals surface area contributed by atoms with Crippen molar-refractivity contribution in [1.82, 2.24) is 0 Å². The SMILES string of the molecule is c1ccc(-c2ccc(N(c3ccc4c(c3)-c3ccccc3C43c4ccccc4-c4ccccc43)c3cc4ccccc4c4c3oc3ccccc34)cc2)cc1. The fraction of sp³-hybridized carbons (Fsp3) is 0.0189. The summed E-state index contributed by atoms with van der Waals surface area (Å²) in [5.41, 5.74) is 17.4. The summed E-state index contributed by atoms with van der Waals surface area (Å²) in [6, 6.07) is 73.1. The van der Waals surface area contributed by atoms with Crippen molar-refractivity contribution in [1.29, 1.82) is 0 Å². The van der Waals surface area contributed by atoms with Gasteiger partial charge in [-0.05, 0) is 103 Å². The van der Waals surface area contributed by atoms with Crippen molar-refractivity contribution < 1.29 is 4.42 Å². The summed E-state index contributed by atoms with van der Waals surface area (Å²) in [6.45, 7) is 0. The first kappa shape index (κ1) is 30.3. The van der Waals surface area contributed by atoms with E-state index in [4.69, 9.17) is 4.42 Å². The van der Waals surface area contributed by atoms with Crippen LogP contribution in [-0.2, 0) is 5.41 Å². The minimum absolute atomic E-state index is 0.394. The van der Waals surface area contributed by atoms with Crippen LogP contribution in [0, 0.1) is 0 Å². The molecule has 0 amide bonds. The highest BCUT2D eigenvalue weighted by molar-refractivity contribution is 6.23. The van der Waals surface area contributed by atoms with Crippen molar-refractivity contribution in [3.05, 3.63) is 222 Å². The first-order chi connectivity index (χ1) is 27.3. The number of hydrogen-bond donors (Lipinski definition) is 0. The number of furan rings is 1. The zero-order valence-corrected chi connectivity index (χ0v) is 29.9. The maximum atomic E-state index is 6.87. The third kappa shape index (κ3) is 4.14. The molecular formula is C53H33NO. The van der Waals surface area contributed by atoms with Crippen LogP contribution in [0.5, 0.6) is 0 Å². The van der Waals surface area contributed by atoms with Gasteiger partial charge in [0.25, 0.3) is 0 Å². The molecule has 0 unspecified atom stereocenters. The normalized spacial score (nSPS) is 13.2. The molecule has 2 aliphatic rings. The Morgan fingerprint density at radius 2 is 0.909 bits per heavy atom. The Balaban J connectivity index is 1.14. The number of benzene rings is 9. The Kier molecular flexibility index (Phi) is 6.29. The van der Waals surface area contributed by atoms with E-state index in [0.717, 1.165) is 39.0 Å². The Labute approximate surface area is 319 Å². The Morgan fingerprint density at radius 3 is 1.62 bits per heavy atom. The van der Waals surface area contributed by atoms with Gasteiger partial charge in [0.05, 0.1) is 11.1 Å². The number of rotatable bonds is 4. The van der Waals surface area contributed by atoms with Crippen molar-refractivity contribution in [2.24, 2.45) is 0 Å². The summed E-state index contributed by atoms with van der Waals surface area (Å²) >= 11 is 0. The van der Waals surface area contributed by atoms with Gasteiger partial charge < -0.3 is 9.32 Å². The third-order valence-electron chi connectivity index (χ3n) is 12.1. The zero-order chi connectivity index (χ0) is 36.1. The molecule has 0 radical (unpaired) electrons. The van der Waals surface area contributed by atoms with Crippen LogP contribution in [-0.4, -0.2) is 0 Å². The average Bonchev–Trinajstić information content (AvgIpc) is 3.89. The summed E-state index contributed by atoms with van der Waals surface area (Å²) in [6.07, 6.45) is 0. The van der Waals surface area contributed by atoms with Gasteiger partial charge in [0.15, 0.2) is 5.58 Å². The van der Waals surface area contributed by atoms with Crippen LogP contribution in [0.25, 0.3) is 66.1 Å². The largest absolute Gasteiger partial charge is 0.454 e. The van der Waals surface area contributed by atoms with Crippen molar-refractivity contribution in [3.63, 3.8) is 0 Å². The van der Waals surface area contributed by atoms with Gasteiger partial charge in [-0.15, -0.1) is 0 Å². The van der Waals surface area contributed by atoms with Crippen LogP contribution in [0.15, 0.2) is 205 Å². The predicted molar refractivity (Wildman–Crippen MR) is 228 cm³/mol. The molecule has 0 atom stereocenters. The summed E-state index contributed by atoms with van der Waals surface area (Å²) < 4.78 is 6.87. The number of para-hydroxylation sites is 1. The Hall–Kier alpha value is -7.16. The molecule has 0 bridgehead atoms. The van der Waals surface area contributed by atoms with Crippen molar-refractivity contribution in [2.45, 2.75) is 5.41 Å². The highest BCUT2D eigenvalue weighted by Gasteiger charge is 2.51. The molecule has 0 saturated heterocycles. The lowest BCUT2D eigenvalue weighted by atomic mass is 9.70. The molecule has 0 N–H and O–H groups in total. The van der Waals surface area contributed by atoms with E-state index in [-0.39, 0.29) is 0 Å². The number of fused-ring (bicyclic) bond motifs is 15. The Morgan fingerprint density at radius 1 is 0.382 bits per heavy atom. The standard InChI is InChI=1S/C53H33NO/c1-2-14-34(15-3-1)35-26-28-37(29-27-35)54(49-32-36-16-4-5-17-39(36)51-43-21-9-13-25-50(43)55-52(49)51)38-30-31-48-44(33-38)42-20-8-12-24-47(42)53(48)45-22-10-6-18-40(45)41-19-7-11-23-46(41)53/h1-33H. The summed E-state index contributed by atoms with van der Waals surface area (Å²) in [7, 11) is 0. The smallest absolute Gasteiger partial charge is 0.160 e. The molecule has 2 aliphatic carbocycles. The molecule has 1 heterocycles. The van der Waals surface area contributed by atoms with Crippen molar-refractivity contribution in [2.75, 3.05) is 4.90 Å². The summed E-state index contributed by atoms with van der Waals surface area (Å²) in [4.78, 5) is 2.40. The van der Waals surface area contributed by atoms with Crippen molar-refractivity contribution in [3.8, 4) is 33.4 Å². The zero-order valence-electron chi connectivity index (χ0n) is 29.9. The number of nitrogens with zero attached hydrogens (tertiary/aromatic N) is 1. The van der Waals surface area contributed by atoms with Crippen LogP contribution in [0.1, 0.15) is 22.3 Å². The Bertz CT molecular complexity index is 3110. The molecular weight excluding hydrogens is 667 g/mol. The quantitative estimate of drug-likeness (QED) is 0.182. The summed E-state index contributed by atoms with van der Waals surface area (Å²) in [5, 5.41) is 4.62. The molecule has 256 valence electrons. The molecule has 0 aliphatic heterocycles. The van der Waals surface area contributed by atoms with Crippen LogP contribution >= 0.6 is 0 Å². The maximum Gasteiger partial charge on any atom is 0.160 e. The van der Waals surface area contributed by atoms with Crippen LogP contribution < -0.4 is 4.90 Å². The van der Waals surface area contributed by atoms with Gasteiger partial charge in [-0.1, -0.05) is 164 Å². The molecule has 2 heteroatoms. The van der Waals surface area contributed by atoms with E-state index < -0.39 is 5.41 Å². The molecule has 10 aromatic rings. The average molecular weight is 700 g/mol. The predicted octanol–water partition coefficient (Wildman–Crippen LogP) is 14.2. The first-order valence-electron chi connectivity index (χ1n) is 19.0. The van der Waals surface area contributed by atoms with E-state index in [9.17, 15) is 0 Å². The van der Waals surface area contributed by atoms with Gasteiger partial charge in [0, 0.05) is 22.1 Å². The highest BCUT2D eigenvalue weighted by Crippen LogP contribution is 2.63. The first-order valence-corrected chi connectivity index (χ1v) is 19.0. The van der Waals surface area contributed by atoms with Crippen molar-refractivity contribution >= 4 is 49.8 Å². The maximum absolute atomic E-state index is 6.87. The van der Waals surface area contributed by atoms with E-state index in [1.165, 1.54) is 66.4 Å². The van der Waals surface area contributed by atoms with E-state index in [0.29, 0.717) is 0 Å². The third-order valence-corrected chi connectivity index (χ3v) is 12.1. The molecule has 55 heavy (non-hydrogen) atoms. The summed E-state index contributed by atoms with van der Waals surface area (Å²) in [5.74, 6) is 0. The molecule has 1 aromatic heterocycles. The molecule has 0 saturated carbocycles. The molecule has 12 rings (SSSR count). The van der Waals surface area contributed by atoms with Crippen LogP contribution in [0.2, 0.25) is 0 Å². The van der Waals surface area contributed by atoms with Crippen LogP contribution in [0.4, 0.5) is 17.1 Å². The second kappa shape index (κ2) is 11.4. The van der Waals surface area contributed by atoms with Gasteiger partial charge in [0.2, 0.25) is 0 Å². The topological polar surface area (TPSA) is 16.4 Å². The van der Waals surface area contributed by atoms with Gasteiger partial charge in [-0.2, -0.15) is 0 Å². The van der Waals surface area contributed by atoms with Gasteiger partial charge >= 0.3 is 0 Å².